The predicted molar refractivity (Wildman–Crippen MR) is 114 cm³/mol. The topological polar surface area (TPSA) is 62.3 Å². The summed E-state index contributed by atoms with van der Waals surface area (Å²) in [5, 5.41) is 2.88. The lowest BCUT2D eigenvalue weighted by Gasteiger charge is -2.31. The minimum atomic E-state index is -0.0705. The molecule has 148 valence electrons. The van der Waals surface area contributed by atoms with Crippen LogP contribution in [-0.4, -0.2) is 40.5 Å². The number of pyridine rings is 1. The Balaban J connectivity index is 1.46. The molecule has 1 aliphatic heterocycles. The van der Waals surface area contributed by atoms with Gasteiger partial charge in [-0.15, -0.1) is 11.8 Å². The van der Waals surface area contributed by atoms with E-state index in [0.717, 1.165) is 10.5 Å². The van der Waals surface area contributed by atoms with Gasteiger partial charge in [0.15, 0.2) is 0 Å². The number of hydrogen-bond donors (Lipinski definition) is 1. The summed E-state index contributed by atoms with van der Waals surface area (Å²) in [7, 11) is 0. The summed E-state index contributed by atoms with van der Waals surface area (Å²) in [6, 6.07) is 10.1. The average molecular weight is 398 g/mol. The number of anilines is 1. The van der Waals surface area contributed by atoms with E-state index < -0.39 is 0 Å². The van der Waals surface area contributed by atoms with Gasteiger partial charge in [0.2, 0.25) is 11.8 Å². The lowest BCUT2D eigenvalue weighted by atomic mass is 9.96. The number of aromatic nitrogens is 1. The number of rotatable bonds is 5. The fourth-order valence-corrected chi connectivity index (χ4v) is 4.28. The van der Waals surface area contributed by atoms with Crippen molar-refractivity contribution in [2.45, 2.75) is 38.5 Å². The van der Waals surface area contributed by atoms with Crippen LogP contribution in [0, 0.1) is 26.7 Å². The third-order valence-corrected chi connectivity index (χ3v) is 6.22. The molecule has 1 saturated heterocycles. The molecule has 6 heteroatoms. The van der Waals surface area contributed by atoms with Gasteiger partial charge in [-0.25, -0.2) is 4.98 Å². The number of piperidine rings is 1. The summed E-state index contributed by atoms with van der Waals surface area (Å²) in [6.07, 6.45) is 3.12. The second-order valence-electron chi connectivity index (χ2n) is 7.42. The Morgan fingerprint density at radius 1 is 1.11 bits per heavy atom. The van der Waals surface area contributed by atoms with Crippen LogP contribution in [-0.2, 0) is 9.59 Å². The van der Waals surface area contributed by atoms with Crippen LogP contribution < -0.4 is 5.32 Å². The highest BCUT2D eigenvalue weighted by Crippen LogP contribution is 2.25. The average Bonchev–Trinajstić information content (AvgIpc) is 2.70. The zero-order chi connectivity index (χ0) is 20.1. The normalized spacial score (nSPS) is 14.8. The Kier molecular flexibility index (Phi) is 6.73. The van der Waals surface area contributed by atoms with E-state index in [0.29, 0.717) is 37.5 Å². The van der Waals surface area contributed by atoms with Crippen molar-refractivity contribution in [2.24, 2.45) is 5.92 Å². The first kappa shape index (κ1) is 20.4. The van der Waals surface area contributed by atoms with Crippen molar-refractivity contribution >= 4 is 29.4 Å². The fraction of sp³-hybridized carbons (Fsp3) is 0.409. The zero-order valence-corrected chi connectivity index (χ0v) is 17.5. The lowest BCUT2D eigenvalue weighted by molar-refractivity contribution is -0.132. The molecule has 28 heavy (non-hydrogen) atoms. The molecule has 5 nitrogen and oxygen atoms in total. The van der Waals surface area contributed by atoms with Crippen molar-refractivity contribution in [3.63, 3.8) is 0 Å². The van der Waals surface area contributed by atoms with Crippen LogP contribution in [0.5, 0.6) is 0 Å². The zero-order valence-electron chi connectivity index (χ0n) is 16.7. The quantitative estimate of drug-likeness (QED) is 0.776. The van der Waals surface area contributed by atoms with Crippen molar-refractivity contribution in [1.82, 2.24) is 9.88 Å². The van der Waals surface area contributed by atoms with Gasteiger partial charge in [-0.05, 0) is 56.9 Å². The number of carbonyl (C=O) groups is 2. The van der Waals surface area contributed by atoms with Crippen LogP contribution in [0.1, 0.15) is 29.5 Å². The molecular weight excluding hydrogens is 370 g/mol. The third kappa shape index (κ3) is 5.35. The van der Waals surface area contributed by atoms with E-state index in [-0.39, 0.29) is 17.7 Å². The molecule has 2 amide bonds. The molecule has 1 aromatic carbocycles. The first-order valence-corrected chi connectivity index (χ1v) is 10.6. The smallest absolute Gasteiger partial charge is 0.232 e. The van der Waals surface area contributed by atoms with E-state index in [9.17, 15) is 9.59 Å². The second-order valence-corrected chi connectivity index (χ2v) is 8.44. The van der Waals surface area contributed by atoms with Crippen molar-refractivity contribution in [3.05, 3.63) is 53.2 Å². The molecule has 0 bridgehead atoms. The minimum Gasteiger partial charge on any atom is -0.342 e. The fourth-order valence-electron chi connectivity index (χ4n) is 3.25. The largest absolute Gasteiger partial charge is 0.342 e. The lowest BCUT2D eigenvalue weighted by Crippen LogP contribution is -2.42. The highest BCUT2D eigenvalue weighted by Gasteiger charge is 2.27. The highest BCUT2D eigenvalue weighted by molar-refractivity contribution is 8.00. The number of hydrogen-bond acceptors (Lipinski definition) is 4. The van der Waals surface area contributed by atoms with Gasteiger partial charge in [0, 0.05) is 30.1 Å². The number of aryl methyl sites for hydroxylation is 3. The van der Waals surface area contributed by atoms with Gasteiger partial charge in [0.25, 0.3) is 0 Å². The molecule has 1 N–H and O–H groups in total. The number of thioether (sulfide) groups is 1. The number of carbonyl (C=O) groups excluding carboxylic acids is 2. The Morgan fingerprint density at radius 2 is 1.82 bits per heavy atom. The maximum absolute atomic E-state index is 12.6. The van der Waals surface area contributed by atoms with E-state index in [1.54, 1.807) is 18.0 Å². The minimum absolute atomic E-state index is 0.00628. The van der Waals surface area contributed by atoms with Gasteiger partial charge >= 0.3 is 0 Å². The van der Waals surface area contributed by atoms with Gasteiger partial charge in [-0.1, -0.05) is 23.8 Å². The molecule has 3 rings (SSSR count). The van der Waals surface area contributed by atoms with Gasteiger partial charge in [0.1, 0.15) is 5.82 Å². The monoisotopic (exact) mass is 397 g/mol. The standard InChI is InChI=1S/C22H27N3O2S/c1-15-4-6-17(3)19(12-15)28-14-21(26)25-10-8-18(9-11-25)22(27)24-20-7-5-16(2)13-23-20/h4-7,12-13,18H,8-11,14H2,1-3H3,(H,23,24,27). The van der Waals surface area contributed by atoms with Crippen LogP contribution in [0.3, 0.4) is 0 Å². The summed E-state index contributed by atoms with van der Waals surface area (Å²) in [5.74, 6) is 1.09. The van der Waals surface area contributed by atoms with Crippen molar-refractivity contribution < 1.29 is 9.59 Å². The number of benzene rings is 1. The number of nitrogens with zero attached hydrogens (tertiary/aromatic N) is 2. The molecular formula is C22H27N3O2S. The predicted octanol–water partition coefficient (Wildman–Crippen LogP) is 3.98. The second kappa shape index (κ2) is 9.24. The first-order valence-electron chi connectivity index (χ1n) is 9.64. The van der Waals surface area contributed by atoms with Crippen LogP contribution >= 0.6 is 11.8 Å². The molecule has 0 saturated carbocycles. The van der Waals surface area contributed by atoms with Gasteiger partial charge in [-0.3, -0.25) is 9.59 Å². The molecule has 1 fully saturated rings. The van der Waals surface area contributed by atoms with Crippen LogP contribution in [0.4, 0.5) is 5.82 Å². The van der Waals surface area contributed by atoms with E-state index in [2.05, 4.69) is 42.3 Å². The Hall–Kier alpha value is -2.34. The highest BCUT2D eigenvalue weighted by atomic mass is 32.2. The maximum atomic E-state index is 12.6. The summed E-state index contributed by atoms with van der Waals surface area (Å²) in [6.45, 7) is 7.35. The van der Waals surface area contributed by atoms with Crippen molar-refractivity contribution in [3.8, 4) is 0 Å². The van der Waals surface area contributed by atoms with E-state index in [4.69, 9.17) is 0 Å². The maximum Gasteiger partial charge on any atom is 0.232 e. The number of likely N-dealkylation sites (tertiary alicyclic amines) is 1. The number of amides is 2. The van der Waals surface area contributed by atoms with Crippen molar-refractivity contribution in [1.29, 1.82) is 0 Å². The molecule has 0 aliphatic carbocycles. The Morgan fingerprint density at radius 3 is 2.50 bits per heavy atom. The third-order valence-electron chi connectivity index (χ3n) is 5.08. The van der Waals surface area contributed by atoms with Crippen LogP contribution in [0.25, 0.3) is 0 Å². The summed E-state index contributed by atoms with van der Waals surface area (Å²) in [4.78, 5) is 32.3. The van der Waals surface area contributed by atoms with E-state index in [1.807, 2.05) is 24.0 Å². The van der Waals surface area contributed by atoms with Crippen LogP contribution in [0.15, 0.2) is 41.4 Å². The first-order chi connectivity index (χ1) is 13.4. The molecule has 2 aromatic rings. The summed E-state index contributed by atoms with van der Waals surface area (Å²) >= 11 is 1.59. The summed E-state index contributed by atoms with van der Waals surface area (Å²) < 4.78 is 0. The van der Waals surface area contributed by atoms with E-state index >= 15 is 0 Å². The van der Waals surface area contributed by atoms with Gasteiger partial charge < -0.3 is 10.2 Å². The molecule has 0 unspecified atom stereocenters. The van der Waals surface area contributed by atoms with Crippen LogP contribution in [0.2, 0.25) is 0 Å². The Bertz CT molecular complexity index is 843. The number of nitrogens with one attached hydrogen (secondary N) is 1. The molecule has 2 heterocycles. The Labute approximate surface area is 170 Å². The summed E-state index contributed by atoms with van der Waals surface area (Å²) in [5.41, 5.74) is 3.46. The molecule has 1 aromatic heterocycles. The van der Waals surface area contributed by atoms with E-state index in [1.165, 1.54) is 11.1 Å². The SMILES string of the molecule is Cc1ccc(NC(=O)C2CCN(C(=O)CSc3cc(C)ccc3C)CC2)nc1. The van der Waals surface area contributed by atoms with Gasteiger partial charge in [-0.2, -0.15) is 0 Å². The molecule has 0 radical (unpaired) electrons. The molecule has 0 spiro atoms. The molecule has 1 aliphatic rings. The van der Waals surface area contributed by atoms with Crippen molar-refractivity contribution in [2.75, 3.05) is 24.2 Å². The van der Waals surface area contributed by atoms with Gasteiger partial charge in [0.05, 0.1) is 5.75 Å². The molecule has 0 atom stereocenters.